The number of carbonyl (C=O) groups is 4. The van der Waals surface area contributed by atoms with Crippen LogP contribution in [-0.2, 0) is 19.2 Å². The lowest BCUT2D eigenvalue weighted by Crippen LogP contribution is -2.61. The van der Waals surface area contributed by atoms with Crippen molar-refractivity contribution in [1.82, 2.24) is 31.2 Å². The summed E-state index contributed by atoms with van der Waals surface area (Å²) in [7, 11) is 0. The SMILES string of the molecule is Cc1cc2nc3cc(C)c(NCC(=O)NCCNC(C)(C)C(=O)C(CCCN)NC(=O)C(CCCCN)NC(C)(C)C(=O)CNc4cc5c(cc4C)nc4cc(C)c(N)cc4[n+]5-c4ccccc4)cc3[n+](-c3ccccc3)c2cc1N. The predicted octanol–water partition coefficient (Wildman–Crippen LogP) is 6.28. The first-order valence-electron chi connectivity index (χ1n) is 28.0. The summed E-state index contributed by atoms with van der Waals surface area (Å²) in [5, 5.41) is 19.4. The number of nitrogens with zero attached hydrogens (tertiary/aromatic N) is 4. The average molecular weight is 1100 g/mol. The molecule has 8 rings (SSSR count). The van der Waals surface area contributed by atoms with Gasteiger partial charge in [0.15, 0.2) is 11.6 Å². The van der Waals surface area contributed by atoms with E-state index >= 15 is 0 Å². The summed E-state index contributed by atoms with van der Waals surface area (Å²) in [6, 6.07) is 34.2. The molecule has 18 nitrogen and oxygen atoms in total. The van der Waals surface area contributed by atoms with E-state index in [9.17, 15) is 19.2 Å². The van der Waals surface area contributed by atoms with Gasteiger partial charge in [0, 0.05) is 84.4 Å². The number of carbonyl (C=O) groups excluding carboxylic acids is 4. The predicted molar refractivity (Wildman–Crippen MR) is 326 cm³/mol. The minimum Gasteiger partial charge on any atom is -0.398 e. The normalized spacial score (nSPS) is 12.7. The summed E-state index contributed by atoms with van der Waals surface area (Å²) in [6.45, 7) is 16.2. The molecule has 2 aromatic heterocycles. The molecular weight excluding hydrogens is 1020 g/mol. The number of nitrogens with one attached hydrogen (secondary N) is 6. The van der Waals surface area contributed by atoms with Gasteiger partial charge in [-0.15, -0.1) is 9.13 Å². The van der Waals surface area contributed by atoms with E-state index in [1.54, 1.807) is 27.7 Å². The summed E-state index contributed by atoms with van der Waals surface area (Å²) in [4.78, 5) is 66.4. The van der Waals surface area contributed by atoms with Crippen LogP contribution < -0.4 is 64.0 Å². The largest absolute Gasteiger partial charge is 0.398 e. The zero-order chi connectivity index (χ0) is 58.2. The van der Waals surface area contributed by atoms with Gasteiger partial charge >= 0.3 is 0 Å². The number of unbranched alkanes of at least 4 members (excludes halogenated alkanes) is 1. The molecule has 0 aliphatic heterocycles. The topological polar surface area (TPSA) is 278 Å². The molecule has 0 aliphatic rings. The Labute approximate surface area is 474 Å². The zero-order valence-electron chi connectivity index (χ0n) is 48.1. The smallest absolute Gasteiger partial charge is 0.239 e. The molecule has 2 heterocycles. The first-order chi connectivity index (χ1) is 38.7. The van der Waals surface area contributed by atoms with Gasteiger partial charge in [0.05, 0.1) is 36.3 Å². The van der Waals surface area contributed by atoms with E-state index < -0.39 is 29.1 Å². The third kappa shape index (κ3) is 13.7. The number of nitrogens with two attached hydrogens (primary N) is 4. The van der Waals surface area contributed by atoms with Crippen LogP contribution in [0.3, 0.4) is 0 Å². The van der Waals surface area contributed by atoms with Crippen LogP contribution in [0.1, 0.15) is 82.1 Å². The number of aryl methyl sites for hydroxylation is 4. The molecule has 2 atom stereocenters. The van der Waals surface area contributed by atoms with Gasteiger partial charge in [-0.2, -0.15) is 0 Å². The third-order valence-corrected chi connectivity index (χ3v) is 15.2. The highest BCUT2D eigenvalue weighted by molar-refractivity contribution is 5.97. The number of rotatable bonds is 26. The van der Waals surface area contributed by atoms with Gasteiger partial charge in [0.1, 0.15) is 22.1 Å². The lowest BCUT2D eigenvalue weighted by atomic mass is 9.90. The van der Waals surface area contributed by atoms with Crippen LogP contribution in [0.5, 0.6) is 0 Å². The molecule has 81 heavy (non-hydrogen) atoms. The Morgan fingerprint density at radius 2 is 1.00 bits per heavy atom. The molecule has 424 valence electrons. The molecule has 0 fully saturated rings. The number of fused-ring (bicyclic) bond motifs is 4. The number of amides is 2. The van der Waals surface area contributed by atoms with Crippen LogP contribution in [0.2, 0.25) is 0 Å². The quantitative estimate of drug-likeness (QED) is 0.0124. The Hall–Kier alpha value is -8.16. The highest BCUT2D eigenvalue weighted by atomic mass is 16.2. The van der Waals surface area contributed by atoms with Gasteiger partial charge in [-0.1, -0.05) is 42.8 Å². The van der Waals surface area contributed by atoms with E-state index in [1.165, 1.54) is 0 Å². The maximum atomic E-state index is 14.4. The molecule has 0 saturated heterocycles. The molecule has 2 amide bonds. The number of anilines is 4. The first kappa shape index (κ1) is 59.0. The second-order valence-electron chi connectivity index (χ2n) is 22.3. The van der Waals surface area contributed by atoms with Crippen LogP contribution >= 0.6 is 0 Å². The molecule has 14 N–H and O–H groups in total. The minimum atomic E-state index is -1.17. The van der Waals surface area contributed by atoms with E-state index in [-0.39, 0.29) is 43.7 Å². The van der Waals surface area contributed by atoms with Crippen LogP contribution in [0.4, 0.5) is 22.7 Å². The van der Waals surface area contributed by atoms with Crippen molar-refractivity contribution in [2.24, 2.45) is 11.5 Å². The number of hydrogen-bond acceptors (Lipinski definition) is 14. The van der Waals surface area contributed by atoms with Gasteiger partial charge in [-0.05, 0) is 141 Å². The van der Waals surface area contributed by atoms with Crippen molar-refractivity contribution >= 4 is 90.3 Å². The third-order valence-electron chi connectivity index (χ3n) is 15.2. The fourth-order valence-electron chi connectivity index (χ4n) is 10.3. The van der Waals surface area contributed by atoms with Crippen molar-refractivity contribution in [3.8, 4) is 11.4 Å². The lowest BCUT2D eigenvalue weighted by molar-refractivity contribution is -0.538. The minimum absolute atomic E-state index is 0.00510. The van der Waals surface area contributed by atoms with Crippen LogP contribution in [0, 0.1) is 27.7 Å². The highest BCUT2D eigenvalue weighted by Crippen LogP contribution is 2.29. The molecule has 0 saturated carbocycles. The van der Waals surface area contributed by atoms with E-state index in [2.05, 4.69) is 41.0 Å². The summed E-state index contributed by atoms with van der Waals surface area (Å²) >= 11 is 0. The summed E-state index contributed by atoms with van der Waals surface area (Å²) in [5.41, 5.74) is 37.5. The molecule has 0 radical (unpaired) electrons. The van der Waals surface area contributed by atoms with Crippen molar-refractivity contribution in [2.75, 3.05) is 61.4 Å². The summed E-state index contributed by atoms with van der Waals surface area (Å²) in [5.74, 6) is -1.05. The van der Waals surface area contributed by atoms with Crippen LogP contribution in [0.25, 0.3) is 55.5 Å². The van der Waals surface area contributed by atoms with Gasteiger partial charge in [0.25, 0.3) is 0 Å². The number of benzene rings is 6. The summed E-state index contributed by atoms with van der Waals surface area (Å²) in [6.07, 6.45) is 2.47. The van der Waals surface area contributed by atoms with Crippen molar-refractivity contribution in [3.63, 3.8) is 0 Å². The Balaban J connectivity index is 0.893. The number of ketones is 2. The highest BCUT2D eigenvalue weighted by Gasteiger charge is 2.37. The van der Waals surface area contributed by atoms with Gasteiger partial charge in [-0.3, -0.25) is 24.5 Å². The lowest BCUT2D eigenvalue weighted by Gasteiger charge is -2.33. The van der Waals surface area contributed by atoms with E-state index in [0.29, 0.717) is 56.6 Å². The number of aromatic nitrogens is 4. The maximum Gasteiger partial charge on any atom is 0.239 e. The second-order valence-corrected chi connectivity index (χ2v) is 22.3. The van der Waals surface area contributed by atoms with Crippen molar-refractivity contribution in [2.45, 2.75) is 111 Å². The zero-order valence-corrected chi connectivity index (χ0v) is 48.1. The average Bonchev–Trinajstić information content (AvgIpc) is 3.57. The fourth-order valence-corrected chi connectivity index (χ4v) is 10.3. The Morgan fingerprint density at radius 3 is 1.49 bits per heavy atom. The molecule has 2 unspecified atom stereocenters. The van der Waals surface area contributed by atoms with E-state index in [4.69, 9.17) is 32.9 Å². The van der Waals surface area contributed by atoms with Crippen LogP contribution in [-0.4, -0.2) is 95.8 Å². The van der Waals surface area contributed by atoms with E-state index in [1.807, 2.05) is 137 Å². The van der Waals surface area contributed by atoms with E-state index in [0.717, 1.165) is 89.1 Å². The second kappa shape index (κ2) is 25.5. The molecular formula is C63H80N14O4+2. The molecule has 0 bridgehead atoms. The fraction of sp³-hybridized carbons (Fsp3) is 0.365. The Morgan fingerprint density at radius 1 is 0.543 bits per heavy atom. The number of hydrogen-bond donors (Lipinski definition) is 10. The van der Waals surface area contributed by atoms with Gasteiger partial charge in [-0.25, -0.2) is 9.97 Å². The number of nitrogen functional groups attached to an aromatic ring is 2. The molecule has 0 aliphatic carbocycles. The Kier molecular flexibility index (Phi) is 18.6. The molecule has 8 aromatic rings. The molecule has 6 aromatic carbocycles. The van der Waals surface area contributed by atoms with Gasteiger partial charge in [0.2, 0.25) is 45.3 Å². The monoisotopic (exact) mass is 1100 g/mol. The number of Topliss-reactive ketones (excluding diaryl/α,β-unsaturated/α-hetero) is 2. The van der Waals surface area contributed by atoms with Crippen molar-refractivity contribution < 1.29 is 28.3 Å². The van der Waals surface area contributed by atoms with Crippen molar-refractivity contribution in [3.05, 3.63) is 131 Å². The summed E-state index contributed by atoms with van der Waals surface area (Å²) < 4.78 is 4.26. The van der Waals surface area contributed by atoms with Gasteiger partial charge < -0.3 is 49.5 Å². The molecule has 18 heteroatoms. The number of para-hydroxylation sites is 2. The Bertz CT molecular complexity index is 3630. The maximum absolute atomic E-state index is 14.4. The van der Waals surface area contributed by atoms with Crippen LogP contribution in [0.15, 0.2) is 109 Å². The first-order valence-corrected chi connectivity index (χ1v) is 28.0. The molecule has 0 spiro atoms. The standard InChI is InChI=1S/C63H78N14O4/c1-38-28-50-54(32-44(38)66)76(42-18-11-9-12-19-42)56-34-48(40(3)30-52(56)72-50)69-36-58(78)62(5,6)75-47(22-15-16-24-64)61(81)74-46(23-17-25-65)60(80)63(7,8)71-27-26-68-59(79)37-70-49-35-57-53(31-41(49)4)73-51-29-39(2)45(67)33-55(51)77(57)43-20-13-10-14-21-43/h9-14,18-21,28-35,46-47,71,75H,15-17,22-27,36-37,64-65H2,1-8H3,(H6,66,67,68,69,70,74,79,81)/p+2. The van der Waals surface area contributed by atoms with Crippen molar-refractivity contribution in [1.29, 1.82) is 0 Å².